The maximum absolute atomic E-state index is 12.5. The summed E-state index contributed by atoms with van der Waals surface area (Å²) in [5.74, 6) is 0.0146. The fraction of sp³-hybridized carbons (Fsp3) is 0.205. The normalized spacial score (nSPS) is 10.6. The molecule has 0 aromatic heterocycles. The molecule has 3 rings (SSSR count). The first-order chi connectivity index (χ1) is 24.3. The molecule has 11 nitrogen and oxygen atoms in total. The summed E-state index contributed by atoms with van der Waals surface area (Å²) in [7, 11) is 0. The lowest BCUT2D eigenvalue weighted by atomic mass is 10.2. The summed E-state index contributed by atoms with van der Waals surface area (Å²) in [4.78, 5) is 35.9. The van der Waals surface area contributed by atoms with Gasteiger partial charge in [-0.15, -0.1) is 0 Å². The molecule has 0 saturated heterocycles. The molecule has 0 radical (unpaired) electrons. The van der Waals surface area contributed by atoms with Crippen molar-refractivity contribution in [2.45, 2.75) is 25.7 Å². The number of hydrogen-bond donors (Lipinski definition) is 2. The number of carbonyl (C=O) groups is 3. The van der Waals surface area contributed by atoms with Gasteiger partial charge in [0.2, 0.25) is 5.90 Å². The largest absolute Gasteiger partial charge is 0.494 e. The van der Waals surface area contributed by atoms with E-state index in [2.05, 4.69) is 13.2 Å². The molecule has 3 aromatic rings. The van der Waals surface area contributed by atoms with Crippen molar-refractivity contribution < 1.29 is 42.8 Å². The summed E-state index contributed by atoms with van der Waals surface area (Å²) >= 11 is 0. The molecule has 50 heavy (non-hydrogen) atoms. The van der Waals surface area contributed by atoms with E-state index in [1.807, 2.05) is 0 Å². The van der Waals surface area contributed by atoms with Gasteiger partial charge in [0.05, 0.1) is 26.4 Å². The number of esters is 3. The van der Waals surface area contributed by atoms with Crippen molar-refractivity contribution in [1.29, 1.82) is 10.8 Å². The van der Waals surface area contributed by atoms with Gasteiger partial charge in [0.15, 0.2) is 0 Å². The summed E-state index contributed by atoms with van der Waals surface area (Å²) in [5.41, 5.74) is 1.77. The van der Waals surface area contributed by atoms with Gasteiger partial charge in [-0.25, -0.2) is 14.4 Å². The van der Waals surface area contributed by atoms with Crippen LogP contribution in [0.25, 0.3) is 12.2 Å². The number of hydrogen-bond acceptors (Lipinski definition) is 11. The summed E-state index contributed by atoms with van der Waals surface area (Å²) in [6, 6.07) is 18.7. The van der Waals surface area contributed by atoms with Crippen LogP contribution >= 0.6 is 0 Å². The maximum atomic E-state index is 12.5. The first kappa shape index (κ1) is 38.2. The average molecular weight is 681 g/mol. The molecule has 3 aromatic carbocycles. The zero-order valence-corrected chi connectivity index (χ0v) is 27.6. The Balaban J connectivity index is 1.41. The zero-order chi connectivity index (χ0) is 36.0. The molecule has 0 fully saturated rings. The minimum atomic E-state index is -0.643. The molecule has 0 aliphatic rings. The molecule has 0 spiro atoms. The van der Waals surface area contributed by atoms with Crippen LogP contribution in [0.4, 0.5) is 0 Å². The minimum absolute atomic E-state index is 0.0539. The van der Waals surface area contributed by atoms with Crippen LogP contribution in [0, 0.1) is 10.8 Å². The average Bonchev–Trinajstić information content (AvgIpc) is 3.13. The highest BCUT2D eigenvalue weighted by Crippen LogP contribution is 2.24. The van der Waals surface area contributed by atoms with Crippen LogP contribution in [0.2, 0.25) is 0 Å². The van der Waals surface area contributed by atoms with Crippen molar-refractivity contribution in [3.05, 3.63) is 121 Å². The monoisotopic (exact) mass is 680 g/mol. The molecule has 0 unspecified atom stereocenters. The summed E-state index contributed by atoms with van der Waals surface area (Å²) in [6.07, 6.45) is 12.1. The van der Waals surface area contributed by atoms with Crippen molar-refractivity contribution in [1.82, 2.24) is 0 Å². The summed E-state index contributed by atoms with van der Waals surface area (Å²) in [6.45, 7) is 8.53. The van der Waals surface area contributed by atoms with Crippen LogP contribution in [-0.2, 0) is 23.9 Å². The van der Waals surface area contributed by atoms with E-state index in [9.17, 15) is 14.4 Å². The Morgan fingerprint density at radius 3 is 1.62 bits per heavy atom. The summed E-state index contributed by atoms with van der Waals surface area (Å²) in [5, 5.41) is 15.1. The lowest BCUT2D eigenvalue weighted by Gasteiger charge is -2.08. The van der Waals surface area contributed by atoms with Crippen molar-refractivity contribution in [3.63, 3.8) is 0 Å². The van der Waals surface area contributed by atoms with Gasteiger partial charge in [-0.05, 0) is 97.5 Å². The molecule has 0 atom stereocenters. The Morgan fingerprint density at radius 2 is 1.10 bits per heavy atom. The quantitative estimate of drug-likeness (QED) is 0.0298. The van der Waals surface area contributed by atoms with Crippen LogP contribution in [-0.4, -0.2) is 56.4 Å². The third-order valence-corrected chi connectivity index (χ3v) is 6.62. The second-order valence-corrected chi connectivity index (χ2v) is 10.4. The van der Waals surface area contributed by atoms with E-state index in [1.165, 1.54) is 36.4 Å². The predicted molar refractivity (Wildman–Crippen MR) is 191 cm³/mol. The van der Waals surface area contributed by atoms with Crippen LogP contribution in [0.1, 0.15) is 42.4 Å². The third-order valence-electron chi connectivity index (χ3n) is 6.62. The van der Waals surface area contributed by atoms with Gasteiger partial charge in [-0.1, -0.05) is 37.4 Å². The Kier molecular flexibility index (Phi) is 16.5. The van der Waals surface area contributed by atoms with E-state index in [0.29, 0.717) is 44.3 Å². The van der Waals surface area contributed by atoms with Crippen LogP contribution in [0.15, 0.2) is 104 Å². The first-order valence-corrected chi connectivity index (χ1v) is 15.8. The topological polar surface area (TPSA) is 154 Å². The molecule has 0 bridgehead atoms. The SMILES string of the molecule is C=CC(=N)OCCCCOc1ccc(/C=C/C(=O)Oc2ccc(OC(=O)/C=C/c3ccc(OCCCCOC(=O)C=C)cc3)cc2C=N)cc1. The van der Waals surface area contributed by atoms with Gasteiger partial charge in [-0.3, -0.25) is 5.41 Å². The lowest BCUT2D eigenvalue weighted by molar-refractivity contribution is -0.138. The molecule has 0 aliphatic heterocycles. The first-order valence-electron chi connectivity index (χ1n) is 15.8. The number of nitrogens with one attached hydrogen (secondary N) is 2. The molecule has 2 N–H and O–H groups in total. The number of benzene rings is 3. The van der Waals surface area contributed by atoms with Crippen molar-refractivity contribution >= 4 is 42.2 Å². The Labute approximate surface area is 291 Å². The molecule has 11 heteroatoms. The van der Waals surface area contributed by atoms with Crippen LogP contribution < -0.4 is 18.9 Å². The number of carbonyl (C=O) groups excluding carboxylic acids is 3. The van der Waals surface area contributed by atoms with E-state index in [1.54, 1.807) is 60.7 Å². The lowest BCUT2D eigenvalue weighted by Crippen LogP contribution is -2.07. The van der Waals surface area contributed by atoms with Crippen molar-refractivity contribution in [3.8, 4) is 23.0 Å². The predicted octanol–water partition coefficient (Wildman–Crippen LogP) is 7.15. The number of rotatable bonds is 21. The number of unbranched alkanes of at least 4 members (excludes halogenated alkanes) is 2. The van der Waals surface area contributed by atoms with Gasteiger partial charge >= 0.3 is 17.9 Å². The number of ether oxygens (including phenoxy) is 6. The molecular formula is C39H40N2O9. The Bertz CT molecular complexity index is 1680. The zero-order valence-electron chi connectivity index (χ0n) is 27.6. The summed E-state index contributed by atoms with van der Waals surface area (Å²) < 4.78 is 32.2. The van der Waals surface area contributed by atoms with Gasteiger partial charge in [-0.2, -0.15) is 0 Å². The fourth-order valence-corrected chi connectivity index (χ4v) is 4.03. The second-order valence-electron chi connectivity index (χ2n) is 10.4. The smallest absolute Gasteiger partial charge is 0.336 e. The molecule has 260 valence electrons. The van der Waals surface area contributed by atoms with Crippen molar-refractivity contribution in [2.75, 3.05) is 26.4 Å². The maximum Gasteiger partial charge on any atom is 0.336 e. The van der Waals surface area contributed by atoms with E-state index in [4.69, 9.17) is 39.2 Å². The van der Waals surface area contributed by atoms with E-state index in [0.717, 1.165) is 42.7 Å². The molecule has 0 heterocycles. The highest BCUT2D eigenvalue weighted by Gasteiger charge is 2.10. The van der Waals surface area contributed by atoms with Gasteiger partial charge < -0.3 is 33.8 Å². The fourth-order valence-electron chi connectivity index (χ4n) is 4.03. The molecule has 0 aliphatic carbocycles. The van der Waals surface area contributed by atoms with Crippen molar-refractivity contribution in [2.24, 2.45) is 0 Å². The van der Waals surface area contributed by atoms with E-state index in [-0.39, 0.29) is 23.0 Å². The van der Waals surface area contributed by atoms with E-state index >= 15 is 0 Å². The standard InChI is InChI=1S/C39H40N2O9/c1-3-36(41)47-25-7-5-23-45-32-17-11-30(12-18-32)14-22-39(44)50-35-20-19-34(27-31(35)28-40)49-38(43)21-13-29-9-15-33(16-10-29)46-24-6-8-26-48-37(42)4-2/h3-4,9-22,27-28,40-41H,1-2,5-8,23-26H2/b21-13+,22-14+,40-28?,41-36?. The van der Waals surface area contributed by atoms with Crippen LogP contribution in [0.5, 0.6) is 23.0 Å². The molecule has 0 amide bonds. The Hall–Kier alpha value is -6.23. The highest BCUT2D eigenvalue weighted by atomic mass is 16.5. The molecule has 0 saturated carbocycles. The third kappa shape index (κ3) is 14.7. The van der Waals surface area contributed by atoms with Gasteiger partial charge in [0.25, 0.3) is 0 Å². The molecular weight excluding hydrogens is 640 g/mol. The Morgan fingerprint density at radius 1 is 0.600 bits per heavy atom. The minimum Gasteiger partial charge on any atom is -0.494 e. The second kappa shape index (κ2) is 21.6. The van der Waals surface area contributed by atoms with Gasteiger partial charge in [0, 0.05) is 30.0 Å². The highest BCUT2D eigenvalue weighted by molar-refractivity contribution is 5.92. The van der Waals surface area contributed by atoms with Gasteiger partial charge in [0.1, 0.15) is 23.0 Å². The van der Waals surface area contributed by atoms with Crippen LogP contribution in [0.3, 0.4) is 0 Å². The van der Waals surface area contributed by atoms with E-state index < -0.39 is 17.9 Å².